The lowest BCUT2D eigenvalue weighted by atomic mass is 10.2. The van der Waals surface area contributed by atoms with E-state index < -0.39 is 0 Å². The van der Waals surface area contributed by atoms with Crippen molar-refractivity contribution in [3.05, 3.63) is 24.0 Å². The number of pyridine rings is 1. The number of anilines is 1. The maximum atomic E-state index is 4.26. The molecule has 2 aliphatic heterocycles. The van der Waals surface area contributed by atoms with Gasteiger partial charge in [-0.1, -0.05) is 0 Å². The van der Waals surface area contributed by atoms with E-state index in [0.29, 0.717) is 12.1 Å². The van der Waals surface area contributed by atoms with Crippen LogP contribution in [0.1, 0.15) is 18.5 Å². The monoisotopic (exact) mass is 203 g/mol. The van der Waals surface area contributed by atoms with Gasteiger partial charge in [-0.15, -0.1) is 0 Å². The van der Waals surface area contributed by atoms with Crippen molar-refractivity contribution >= 4 is 5.69 Å². The molecule has 1 N–H and O–H groups in total. The first-order valence-electron chi connectivity index (χ1n) is 5.76. The molecule has 2 saturated heterocycles. The molecular formula is C12H17N3. The molecule has 0 aromatic carbocycles. The van der Waals surface area contributed by atoms with Gasteiger partial charge >= 0.3 is 0 Å². The summed E-state index contributed by atoms with van der Waals surface area (Å²) >= 11 is 0. The third-order valence-corrected chi connectivity index (χ3v) is 3.56. The van der Waals surface area contributed by atoms with Crippen molar-refractivity contribution in [3.63, 3.8) is 0 Å². The molecule has 0 aliphatic carbocycles. The predicted octanol–water partition coefficient (Wildman–Crippen LogP) is 1.33. The Bertz CT molecular complexity index is 348. The second-order valence-electron chi connectivity index (χ2n) is 4.61. The van der Waals surface area contributed by atoms with Crippen LogP contribution in [0, 0.1) is 6.92 Å². The topological polar surface area (TPSA) is 28.2 Å². The maximum Gasteiger partial charge on any atom is 0.0419 e. The average Bonchev–Trinajstić information content (AvgIpc) is 2.49. The van der Waals surface area contributed by atoms with E-state index in [1.807, 2.05) is 6.20 Å². The van der Waals surface area contributed by atoms with E-state index in [0.717, 1.165) is 18.8 Å². The van der Waals surface area contributed by atoms with Crippen LogP contribution in [0.25, 0.3) is 0 Å². The Labute approximate surface area is 90.5 Å². The minimum absolute atomic E-state index is 0.700. The summed E-state index contributed by atoms with van der Waals surface area (Å²) in [7, 11) is 0. The molecule has 0 saturated carbocycles. The van der Waals surface area contributed by atoms with E-state index in [-0.39, 0.29) is 0 Å². The smallest absolute Gasteiger partial charge is 0.0419 e. The number of aryl methyl sites for hydroxylation is 1. The highest BCUT2D eigenvalue weighted by Crippen LogP contribution is 2.32. The van der Waals surface area contributed by atoms with Gasteiger partial charge in [0.25, 0.3) is 0 Å². The molecule has 2 atom stereocenters. The highest BCUT2D eigenvalue weighted by molar-refractivity contribution is 5.50. The first-order valence-corrected chi connectivity index (χ1v) is 5.76. The fraction of sp³-hybridized carbons (Fsp3) is 0.583. The summed E-state index contributed by atoms with van der Waals surface area (Å²) in [6.07, 6.45) is 4.59. The highest BCUT2D eigenvalue weighted by atomic mass is 15.3. The third kappa shape index (κ3) is 1.51. The highest BCUT2D eigenvalue weighted by Gasteiger charge is 2.36. The van der Waals surface area contributed by atoms with E-state index in [1.165, 1.54) is 18.5 Å². The van der Waals surface area contributed by atoms with Gasteiger partial charge in [0.05, 0.1) is 0 Å². The Kier molecular flexibility index (Phi) is 2.13. The first-order chi connectivity index (χ1) is 7.34. The Balaban J connectivity index is 1.93. The van der Waals surface area contributed by atoms with Crippen LogP contribution < -0.4 is 10.2 Å². The van der Waals surface area contributed by atoms with Crippen molar-refractivity contribution in [2.24, 2.45) is 0 Å². The van der Waals surface area contributed by atoms with Crippen LogP contribution >= 0.6 is 0 Å². The van der Waals surface area contributed by atoms with Gasteiger partial charge < -0.3 is 10.2 Å². The summed E-state index contributed by atoms with van der Waals surface area (Å²) in [6, 6.07) is 5.75. The normalized spacial score (nSPS) is 29.5. The van der Waals surface area contributed by atoms with Gasteiger partial charge in [-0.2, -0.15) is 0 Å². The quantitative estimate of drug-likeness (QED) is 0.746. The van der Waals surface area contributed by atoms with Gasteiger partial charge in [-0.05, 0) is 31.9 Å². The Morgan fingerprint density at radius 1 is 1.33 bits per heavy atom. The van der Waals surface area contributed by atoms with Gasteiger partial charge in [-0.3, -0.25) is 4.98 Å². The van der Waals surface area contributed by atoms with Gasteiger partial charge in [0.2, 0.25) is 0 Å². The lowest BCUT2D eigenvalue weighted by molar-refractivity contribution is 0.484. The molecule has 0 radical (unpaired) electrons. The minimum Gasteiger partial charge on any atom is -0.363 e. The second kappa shape index (κ2) is 3.49. The summed E-state index contributed by atoms with van der Waals surface area (Å²) in [4.78, 5) is 6.85. The minimum atomic E-state index is 0.700. The van der Waals surface area contributed by atoms with Crippen molar-refractivity contribution in [2.75, 3.05) is 18.0 Å². The second-order valence-corrected chi connectivity index (χ2v) is 4.61. The van der Waals surface area contributed by atoms with Crippen LogP contribution in [0.4, 0.5) is 5.69 Å². The largest absolute Gasteiger partial charge is 0.363 e. The summed E-state index contributed by atoms with van der Waals surface area (Å²) in [6.45, 7) is 4.34. The van der Waals surface area contributed by atoms with Gasteiger partial charge in [0.1, 0.15) is 0 Å². The lowest BCUT2D eigenvalue weighted by Crippen LogP contribution is -2.52. The van der Waals surface area contributed by atoms with Crippen LogP contribution in [0.5, 0.6) is 0 Å². The molecule has 3 heterocycles. The molecule has 15 heavy (non-hydrogen) atoms. The Hall–Kier alpha value is -1.09. The molecule has 0 spiro atoms. The average molecular weight is 203 g/mol. The Morgan fingerprint density at radius 2 is 2.07 bits per heavy atom. The summed E-state index contributed by atoms with van der Waals surface area (Å²) in [5, 5.41) is 3.50. The van der Waals surface area contributed by atoms with E-state index >= 15 is 0 Å². The van der Waals surface area contributed by atoms with Crippen LogP contribution in [-0.2, 0) is 0 Å². The van der Waals surface area contributed by atoms with Crippen molar-refractivity contribution in [1.29, 1.82) is 0 Å². The van der Waals surface area contributed by atoms with Crippen LogP contribution in [0.2, 0.25) is 0 Å². The van der Waals surface area contributed by atoms with E-state index in [2.05, 4.69) is 34.3 Å². The number of hydrogen-bond donors (Lipinski definition) is 1. The number of rotatable bonds is 1. The predicted molar refractivity (Wildman–Crippen MR) is 61.1 cm³/mol. The number of piperazine rings is 1. The zero-order valence-electron chi connectivity index (χ0n) is 9.11. The molecule has 80 valence electrons. The van der Waals surface area contributed by atoms with E-state index in [9.17, 15) is 0 Å². The zero-order chi connectivity index (χ0) is 10.3. The summed E-state index contributed by atoms with van der Waals surface area (Å²) in [5.41, 5.74) is 2.47. The molecule has 3 rings (SSSR count). The third-order valence-electron chi connectivity index (χ3n) is 3.56. The zero-order valence-corrected chi connectivity index (χ0v) is 9.11. The lowest BCUT2D eigenvalue weighted by Gasteiger charge is -2.37. The fourth-order valence-corrected chi connectivity index (χ4v) is 2.89. The number of nitrogens with zero attached hydrogens (tertiary/aromatic N) is 2. The molecule has 2 fully saturated rings. The molecule has 3 heteroatoms. The van der Waals surface area contributed by atoms with Gasteiger partial charge in [0.15, 0.2) is 0 Å². The molecule has 1 aromatic heterocycles. The van der Waals surface area contributed by atoms with Crippen LogP contribution in [0.15, 0.2) is 18.3 Å². The molecule has 1 aromatic rings. The molecule has 0 unspecified atom stereocenters. The molecule has 2 bridgehead atoms. The standard InChI is InChI=1S/C12H17N3/c1-9-6-10(4-5-14-9)15-11-2-3-12(15)8-13-7-11/h4-6,11-13H,2-3,7-8H2,1H3/t11-,12+. The molecular weight excluding hydrogens is 186 g/mol. The van der Waals surface area contributed by atoms with Crippen molar-refractivity contribution in [3.8, 4) is 0 Å². The van der Waals surface area contributed by atoms with Gasteiger partial charge in [-0.25, -0.2) is 0 Å². The number of hydrogen-bond acceptors (Lipinski definition) is 3. The van der Waals surface area contributed by atoms with E-state index in [1.54, 1.807) is 0 Å². The van der Waals surface area contributed by atoms with Crippen molar-refractivity contribution in [2.45, 2.75) is 31.8 Å². The molecule has 0 amide bonds. The number of aromatic nitrogens is 1. The molecule has 3 nitrogen and oxygen atoms in total. The fourth-order valence-electron chi connectivity index (χ4n) is 2.89. The van der Waals surface area contributed by atoms with Crippen LogP contribution in [-0.4, -0.2) is 30.2 Å². The number of fused-ring (bicyclic) bond motifs is 2. The van der Waals surface area contributed by atoms with Crippen molar-refractivity contribution in [1.82, 2.24) is 10.3 Å². The molecule has 2 aliphatic rings. The maximum absolute atomic E-state index is 4.26. The first kappa shape index (κ1) is 9.16. The van der Waals surface area contributed by atoms with Crippen molar-refractivity contribution < 1.29 is 0 Å². The SMILES string of the molecule is Cc1cc(N2[C@@H]3CC[C@H]2CNC3)ccn1. The summed E-state index contributed by atoms with van der Waals surface area (Å²) in [5.74, 6) is 0. The van der Waals surface area contributed by atoms with Crippen LogP contribution in [0.3, 0.4) is 0 Å². The van der Waals surface area contributed by atoms with Gasteiger partial charge in [0, 0.05) is 42.8 Å². The Morgan fingerprint density at radius 3 is 2.73 bits per heavy atom. The summed E-state index contributed by atoms with van der Waals surface area (Å²) < 4.78 is 0. The number of nitrogens with one attached hydrogen (secondary N) is 1. The van der Waals surface area contributed by atoms with E-state index in [4.69, 9.17) is 0 Å².